The van der Waals surface area contributed by atoms with Gasteiger partial charge in [-0.25, -0.2) is 14.5 Å². The smallest absolute Gasteiger partial charge is 0.269 e. The second-order valence-corrected chi connectivity index (χ2v) is 4.30. The molecule has 0 aliphatic heterocycles. The molecule has 0 radical (unpaired) electrons. The van der Waals surface area contributed by atoms with Gasteiger partial charge in [0.05, 0.1) is 10.5 Å². The van der Waals surface area contributed by atoms with Crippen molar-refractivity contribution in [2.24, 2.45) is 0 Å². The molecule has 0 amide bonds. The van der Waals surface area contributed by atoms with Crippen molar-refractivity contribution in [2.45, 2.75) is 12.4 Å². The molecule has 7 nitrogen and oxygen atoms in total. The van der Waals surface area contributed by atoms with E-state index in [0.717, 1.165) is 0 Å². The normalized spacial score (nSPS) is 12.2. The molecule has 0 unspecified atom stereocenters. The highest BCUT2D eigenvalue weighted by molar-refractivity contribution is 5.49. The van der Waals surface area contributed by atoms with Crippen LogP contribution in [0.25, 0.3) is 5.82 Å². The van der Waals surface area contributed by atoms with E-state index in [-0.39, 0.29) is 22.9 Å². The average Bonchev–Trinajstić information content (AvgIpc) is 2.44. The minimum atomic E-state index is -4.93. The summed E-state index contributed by atoms with van der Waals surface area (Å²) in [4.78, 5) is 27.4. The third kappa shape index (κ3) is 3.33. The number of aromatic nitrogens is 3. The van der Waals surface area contributed by atoms with E-state index in [0.29, 0.717) is 6.33 Å². The second kappa shape index (κ2) is 5.58. The van der Waals surface area contributed by atoms with Crippen LogP contribution < -0.4 is 5.56 Å². The molecule has 2 aromatic rings. The SMILES string of the molecule is O=c1cc(C(F)(F)F)ncn1-c1ncc(C(F)(F)F)cc1[N+](=O)[O-]. The molecule has 2 rings (SSSR count). The highest BCUT2D eigenvalue weighted by Gasteiger charge is 2.35. The molecule has 0 spiro atoms. The largest absolute Gasteiger partial charge is 0.433 e. The number of nitrogens with zero attached hydrogens (tertiary/aromatic N) is 4. The van der Waals surface area contributed by atoms with E-state index in [1.165, 1.54) is 0 Å². The fraction of sp³-hybridized carbons (Fsp3) is 0.182. The van der Waals surface area contributed by atoms with Crippen LogP contribution in [0.3, 0.4) is 0 Å². The quantitative estimate of drug-likeness (QED) is 0.470. The summed E-state index contributed by atoms with van der Waals surface area (Å²) in [6, 6.07) is 0.162. The van der Waals surface area contributed by atoms with Crippen LogP contribution in [0.4, 0.5) is 32.0 Å². The number of pyridine rings is 1. The van der Waals surface area contributed by atoms with Gasteiger partial charge in [-0.1, -0.05) is 0 Å². The molecule has 0 aromatic carbocycles. The topological polar surface area (TPSA) is 90.9 Å². The van der Waals surface area contributed by atoms with E-state index in [9.17, 15) is 41.3 Å². The second-order valence-electron chi connectivity index (χ2n) is 4.30. The van der Waals surface area contributed by atoms with Crippen molar-refractivity contribution >= 4 is 5.69 Å². The Morgan fingerprint density at radius 1 is 1.04 bits per heavy atom. The van der Waals surface area contributed by atoms with Gasteiger partial charge in [-0.05, 0) is 0 Å². The highest BCUT2D eigenvalue weighted by atomic mass is 19.4. The van der Waals surface area contributed by atoms with Crippen LogP contribution in [-0.4, -0.2) is 19.5 Å². The molecule has 0 N–H and O–H groups in total. The Morgan fingerprint density at radius 3 is 2.12 bits per heavy atom. The van der Waals surface area contributed by atoms with Crippen LogP contribution in [0.15, 0.2) is 29.5 Å². The Bertz CT molecular complexity index is 858. The van der Waals surface area contributed by atoms with Crippen LogP contribution in [0.5, 0.6) is 0 Å². The number of hydrogen-bond donors (Lipinski definition) is 0. The van der Waals surface area contributed by atoms with Crippen LogP contribution in [0.2, 0.25) is 0 Å². The fourth-order valence-corrected chi connectivity index (χ4v) is 1.64. The maximum atomic E-state index is 12.6. The zero-order valence-electron chi connectivity index (χ0n) is 11.1. The van der Waals surface area contributed by atoms with Gasteiger partial charge >= 0.3 is 18.0 Å². The van der Waals surface area contributed by atoms with E-state index >= 15 is 0 Å². The molecule has 0 saturated carbocycles. The molecule has 2 aromatic heterocycles. The number of rotatable bonds is 2. The van der Waals surface area contributed by atoms with Crippen LogP contribution in [-0.2, 0) is 12.4 Å². The highest BCUT2D eigenvalue weighted by Crippen LogP contribution is 2.32. The third-order valence-electron chi connectivity index (χ3n) is 2.70. The van der Waals surface area contributed by atoms with Crippen molar-refractivity contribution < 1.29 is 31.3 Å². The maximum absolute atomic E-state index is 12.6. The lowest BCUT2D eigenvalue weighted by Crippen LogP contribution is -2.24. The molecule has 0 fully saturated rings. The summed E-state index contributed by atoms with van der Waals surface area (Å²) >= 11 is 0. The van der Waals surface area contributed by atoms with Crippen molar-refractivity contribution in [3.63, 3.8) is 0 Å². The van der Waals surface area contributed by atoms with Crippen molar-refractivity contribution in [2.75, 3.05) is 0 Å². The van der Waals surface area contributed by atoms with Gasteiger partial charge < -0.3 is 0 Å². The lowest BCUT2D eigenvalue weighted by Gasteiger charge is -2.10. The summed E-state index contributed by atoms with van der Waals surface area (Å²) in [6.45, 7) is 0. The third-order valence-corrected chi connectivity index (χ3v) is 2.70. The Hall–Kier alpha value is -2.99. The molecular weight excluding hydrogens is 350 g/mol. The lowest BCUT2D eigenvalue weighted by molar-refractivity contribution is -0.385. The minimum absolute atomic E-state index is 0.0447. The zero-order valence-corrected chi connectivity index (χ0v) is 11.1. The van der Waals surface area contributed by atoms with E-state index in [1.807, 2.05) is 0 Å². The standard InChI is InChI=1S/C11H4F6N4O3/c12-10(13,14)5-1-6(21(23)24)9(18-3-5)20-4-19-7(2-8(20)22)11(15,16)17/h1-4H. The van der Waals surface area contributed by atoms with Crippen LogP contribution in [0.1, 0.15) is 11.3 Å². The summed E-state index contributed by atoms with van der Waals surface area (Å²) in [7, 11) is 0. The molecule has 24 heavy (non-hydrogen) atoms. The van der Waals surface area contributed by atoms with Crippen molar-refractivity contribution in [3.8, 4) is 5.82 Å². The average molecular weight is 354 g/mol. The number of alkyl halides is 6. The van der Waals surface area contributed by atoms with Gasteiger partial charge in [-0.2, -0.15) is 26.3 Å². The summed E-state index contributed by atoms with van der Waals surface area (Å²) in [6.07, 6.45) is -9.35. The fourth-order valence-electron chi connectivity index (χ4n) is 1.64. The Balaban J connectivity index is 2.65. The van der Waals surface area contributed by atoms with Crippen LogP contribution in [0, 0.1) is 10.1 Å². The first-order valence-corrected chi connectivity index (χ1v) is 5.79. The molecule has 13 heteroatoms. The molecule has 128 valence electrons. The van der Waals surface area contributed by atoms with Gasteiger partial charge in [0.15, 0.2) is 5.69 Å². The van der Waals surface area contributed by atoms with E-state index in [2.05, 4.69) is 9.97 Å². The molecular formula is C11H4F6N4O3. The van der Waals surface area contributed by atoms with Crippen molar-refractivity contribution in [1.82, 2.24) is 14.5 Å². The van der Waals surface area contributed by atoms with Crippen LogP contribution >= 0.6 is 0 Å². The van der Waals surface area contributed by atoms with E-state index < -0.39 is 45.6 Å². The van der Waals surface area contributed by atoms with Gasteiger partial charge in [0.2, 0.25) is 5.82 Å². The Morgan fingerprint density at radius 2 is 1.67 bits per heavy atom. The molecule has 0 aliphatic rings. The molecule has 0 bridgehead atoms. The molecule has 0 saturated heterocycles. The Kier molecular flexibility index (Phi) is 4.03. The van der Waals surface area contributed by atoms with Gasteiger partial charge in [0.25, 0.3) is 5.56 Å². The summed E-state index contributed by atoms with van der Waals surface area (Å²) in [5.41, 5.74) is -5.62. The van der Waals surface area contributed by atoms with Crippen molar-refractivity contribution in [1.29, 1.82) is 0 Å². The number of hydrogen-bond acceptors (Lipinski definition) is 5. The predicted octanol–water partition coefficient (Wildman–Crippen LogP) is 2.57. The Labute approximate surface area is 127 Å². The van der Waals surface area contributed by atoms with Gasteiger partial charge in [0, 0.05) is 18.3 Å². The number of nitro groups is 1. The van der Waals surface area contributed by atoms with Gasteiger partial charge in [-0.15, -0.1) is 0 Å². The first kappa shape index (κ1) is 17.4. The first-order chi connectivity index (χ1) is 10.9. The molecule has 0 aliphatic carbocycles. The monoisotopic (exact) mass is 354 g/mol. The van der Waals surface area contributed by atoms with E-state index in [1.54, 1.807) is 0 Å². The van der Waals surface area contributed by atoms with Crippen molar-refractivity contribution in [3.05, 3.63) is 56.4 Å². The summed E-state index contributed by atoms with van der Waals surface area (Å²) in [5, 5.41) is 10.9. The lowest BCUT2D eigenvalue weighted by atomic mass is 10.2. The zero-order chi connectivity index (χ0) is 18.3. The predicted molar refractivity (Wildman–Crippen MR) is 64.3 cm³/mol. The molecule has 2 heterocycles. The maximum Gasteiger partial charge on any atom is 0.433 e. The summed E-state index contributed by atoms with van der Waals surface area (Å²) < 4.78 is 75.2. The van der Waals surface area contributed by atoms with Gasteiger partial charge in [0.1, 0.15) is 6.33 Å². The number of halogens is 6. The molecule has 0 atom stereocenters. The summed E-state index contributed by atoms with van der Waals surface area (Å²) in [5.74, 6) is -0.890. The first-order valence-electron chi connectivity index (χ1n) is 5.79. The van der Waals surface area contributed by atoms with Gasteiger partial charge in [-0.3, -0.25) is 14.9 Å². The van der Waals surface area contributed by atoms with E-state index in [4.69, 9.17) is 0 Å². The minimum Gasteiger partial charge on any atom is -0.269 e.